The Morgan fingerprint density at radius 3 is 2.65 bits per heavy atom. The zero-order valence-corrected chi connectivity index (χ0v) is 13.3. The van der Waals surface area contributed by atoms with E-state index < -0.39 is 0 Å². The van der Waals surface area contributed by atoms with Crippen molar-refractivity contribution in [3.8, 4) is 0 Å². The van der Waals surface area contributed by atoms with E-state index in [0.29, 0.717) is 17.9 Å². The Bertz CT molecular complexity index is 478. The molecule has 4 N–H and O–H groups in total. The molecule has 112 valence electrons. The van der Waals surface area contributed by atoms with Crippen molar-refractivity contribution in [1.82, 2.24) is 15.5 Å². The summed E-state index contributed by atoms with van der Waals surface area (Å²) in [6.45, 7) is 4.73. The van der Waals surface area contributed by atoms with Crippen LogP contribution < -0.4 is 11.1 Å². The molecule has 1 aliphatic carbocycles. The first-order chi connectivity index (χ1) is 9.49. The molecule has 1 fully saturated rings. The van der Waals surface area contributed by atoms with Crippen LogP contribution in [0.4, 0.5) is 5.69 Å². The van der Waals surface area contributed by atoms with Crippen LogP contribution in [0, 0.1) is 0 Å². The number of nitrogens with zero attached hydrogens (tertiary/aromatic N) is 1. The summed E-state index contributed by atoms with van der Waals surface area (Å²) in [5, 5.41) is 9.93. The van der Waals surface area contributed by atoms with Crippen LogP contribution in [-0.4, -0.2) is 33.7 Å². The van der Waals surface area contributed by atoms with Crippen LogP contribution in [0.5, 0.6) is 0 Å². The fourth-order valence-corrected chi connectivity index (χ4v) is 3.69. The van der Waals surface area contributed by atoms with E-state index in [0.717, 1.165) is 5.69 Å². The predicted molar refractivity (Wildman–Crippen MR) is 84.1 cm³/mol. The number of aromatic nitrogens is 2. The Morgan fingerprint density at radius 2 is 2.15 bits per heavy atom. The summed E-state index contributed by atoms with van der Waals surface area (Å²) >= 11 is 1.86. The molecule has 1 saturated carbocycles. The molecule has 1 heterocycles. The highest BCUT2D eigenvalue weighted by molar-refractivity contribution is 8.00. The Morgan fingerprint density at radius 1 is 1.50 bits per heavy atom. The van der Waals surface area contributed by atoms with Crippen molar-refractivity contribution in [2.75, 3.05) is 18.5 Å². The molecular weight excluding hydrogens is 272 g/mol. The van der Waals surface area contributed by atoms with Gasteiger partial charge in [0.1, 0.15) is 0 Å². The van der Waals surface area contributed by atoms with E-state index in [1.807, 2.05) is 25.6 Å². The van der Waals surface area contributed by atoms with E-state index in [1.165, 1.54) is 25.7 Å². The summed E-state index contributed by atoms with van der Waals surface area (Å²) in [6, 6.07) is 0. The van der Waals surface area contributed by atoms with Crippen LogP contribution in [0.25, 0.3) is 0 Å². The van der Waals surface area contributed by atoms with Crippen molar-refractivity contribution >= 4 is 23.4 Å². The SMILES string of the molecule is CSC1(CNC(=O)c2n[nH]c(C(C)C)c2N)CCCC1. The van der Waals surface area contributed by atoms with Gasteiger partial charge in [0.25, 0.3) is 5.91 Å². The predicted octanol–water partition coefficient (Wildman–Crippen LogP) is 2.52. The molecule has 0 aliphatic heterocycles. The number of H-pyrrole nitrogens is 1. The first-order valence-electron chi connectivity index (χ1n) is 7.16. The number of amides is 1. The molecular formula is C14H24N4OS. The number of nitrogens with two attached hydrogens (primary N) is 1. The first kappa shape index (κ1) is 15.2. The van der Waals surface area contributed by atoms with Crippen molar-refractivity contribution in [1.29, 1.82) is 0 Å². The molecule has 1 amide bonds. The quantitative estimate of drug-likeness (QED) is 0.779. The minimum absolute atomic E-state index is 0.175. The molecule has 1 aromatic rings. The third-order valence-corrected chi connectivity index (χ3v) is 5.56. The fraction of sp³-hybridized carbons (Fsp3) is 0.714. The maximum atomic E-state index is 12.2. The molecule has 2 rings (SSSR count). The number of nitrogens with one attached hydrogen (secondary N) is 2. The Labute approximate surface area is 124 Å². The molecule has 0 bridgehead atoms. The smallest absolute Gasteiger partial charge is 0.273 e. The van der Waals surface area contributed by atoms with E-state index >= 15 is 0 Å². The van der Waals surface area contributed by atoms with Crippen LogP contribution in [0.3, 0.4) is 0 Å². The van der Waals surface area contributed by atoms with Gasteiger partial charge in [0.15, 0.2) is 5.69 Å². The molecule has 20 heavy (non-hydrogen) atoms. The average Bonchev–Trinajstić information content (AvgIpc) is 3.03. The Kier molecular flexibility index (Phi) is 4.62. The van der Waals surface area contributed by atoms with Crippen LogP contribution in [-0.2, 0) is 0 Å². The highest BCUT2D eigenvalue weighted by Crippen LogP contribution is 2.39. The van der Waals surface area contributed by atoms with Gasteiger partial charge in [-0.25, -0.2) is 0 Å². The number of rotatable bonds is 5. The van der Waals surface area contributed by atoms with Gasteiger partial charge < -0.3 is 11.1 Å². The highest BCUT2D eigenvalue weighted by Gasteiger charge is 2.33. The largest absolute Gasteiger partial charge is 0.395 e. The molecule has 6 heteroatoms. The maximum absolute atomic E-state index is 12.2. The summed E-state index contributed by atoms with van der Waals surface area (Å²) in [5.74, 6) is 0.0578. The number of nitrogen functional groups attached to an aromatic ring is 1. The number of anilines is 1. The fourth-order valence-electron chi connectivity index (χ4n) is 2.77. The van der Waals surface area contributed by atoms with Gasteiger partial charge in [0.2, 0.25) is 0 Å². The average molecular weight is 296 g/mol. The summed E-state index contributed by atoms with van der Waals surface area (Å²) in [5.41, 5.74) is 7.62. The monoisotopic (exact) mass is 296 g/mol. The standard InChI is InChI=1S/C14H24N4OS/c1-9(2)11-10(15)12(18-17-11)13(19)16-8-14(20-3)6-4-5-7-14/h9H,4-8,15H2,1-3H3,(H,16,19)(H,17,18). The van der Waals surface area contributed by atoms with Gasteiger partial charge in [0, 0.05) is 11.3 Å². The lowest BCUT2D eigenvalue weighted by Crippen LogP contribution is -2.38. The van der Waals surface area contributed by atoms with Crippen LogP contribution in [0.2, 0.25) is 0 Å². The highest BCUT2D eigenvalue weighted by atomic mass is 32.2. The van der Waals surface area contributed by atoms with Crippen LogP contribution in [0.15, 0.2) is 0 Å². The molecule has 5 nitrogen and oxygen atoms in total. The van der Waals surface area contributed by atoms with E-state index in [-0.39, 0.29) is 16.6 Å². The number of aromatic amines is 1. The summed E-state index contributed by atoms with van der Waals surface area (Å²) in [6.07, 6.45) is 6.96. The third kappa shape index (κ3) is 2.95. The van der Waals surface area contributed by atoms with Crippen molar-refractivity contribution in [2.24, 2.45) is 0 Å². The van der Waals surface area contributed by atoms with E-state index in [4.69, 9.17) is 5.73 Å². The number of hydrogen-bond donors (Lipinski definition) is 3. The summed E-state index contributed by atoms with van der Waals surface area (Å²) in [4.78, 5) is 12.2. The van der Waals surface area contributed by atoms with Crippen molar-refractivity contribution < 1.29 is 4.79 Å². The maximum Gasteiger partial charge on any atom is 0.273 e. The Hall–Kier alpha value is -1.17. The zero-order valence-electron chi connectivity index (χ0n) is 12.5. The minimum atomic E-state index is -0.175. The van der Waals surface area contributed by atoms with E-state index in [1.54, 1.807) is 0 Å². The van der Waals surface area contributed by atoms with Gasteiger partial charge in [-0.05, 0) is 25.0 Å². The van der Waals surface area contributed by atoms with Crippen molar-refractivity contribution in [3.05, 3.63) is 11.4 Å². The van der Waals surface area contributed by atoms with Gasteiger partial charge in [0.05, 0.1) is 11.4 Å². The minimum Gasteiger partial charge on any atom is -0.395 e. The summed E-state index contributed by atoms with van der Waals surface area (Å²) in [7, 11) is 0. The van der Waals surface area contributed by atoms with E-state index in [9.17, 15) is 4.79 Å². The van der Waals surface area contributed by atoms with Crippen LogP contribution >= 0.6 is 11.8 Å². The van der Waals surface area contributed by atoms with Crippen LogP contribution in [0.1, 0.15) is 61.6 Å². The number of hydrogen-bond acceptors (Lipinski definition) is 4. The summed E-state index contributed by atoms with van der Waals surface area (Å²) < 4.78 is 0.196. The second-order valence-corrected chi connectivity index (χ2v) is 7.11. The molecule has 0 unspecified atom stereocenters. The number of thioether (sulfide) groups is 1. The van der Waals surface area contributed by atoms with Gasteiger partial charge in [-0.2, -0.15) is 16.9 Å². The lowest BCUT2D eigenvalue weighted by Gasteiger charge is -2.26. The third-order valence-electron chi connectivity index (χ3n) is 4.14. The number of carbonyl (C=O) groups excluding carboxylic acids is 1. The van der Waals surface area contributed by atoms with Gasteiger partial charge in [-0.15, -0.1) is 0 Å². The van der Waals surface area contributed by atoms with Crippen molar-refractivity contribution in [2.45, 2.75) is 50.2 Å². The Balaban J connectivity index is 2.02. The van der Waals surface area contributed by atoms with Gasteiger partial charge >= 0.3 is 0 Å². The normalized spacial score (nSPS) is 17.6. The topological polar surface area (TPSA) is 83.8 Å². The molecule has 0 aromatic carbocycles. The van der Waals surface area contributed by atoms with E-state index in [2.05, 4.69) is 21.8 Å². The lowest BCUT2D eigenvalue weighted by atomic mass is 10.1. The molecule has 0 spiro atoms. The number of carbonyl (C=O) groups is 1. The second-order valence-electron chi connectivity index (χ2n) is 5.83. The molecule has 0 radical (unpaired) electrons. The first-order valence-corrected chi connectivity index (χ1v) is 8.38. The second kappa shape index (κ2) is 6.08. The molecule has 1 aromatic heterocycles. The molecule has 0 atom stereocenters. The molecule has 0 saturated heterocycles. The molecule has 1 aliphatic rings. The van der Waals surface area contributed by atoms with Crippen molar-refractivity contribution in [3.63, 3.8) is 0 Å². The van der Waals surface area contributed by atoms with Gasteiger partial charge in [-0.3, -0.25) is 9.89 Å². The zero-order chi connectivity index (χ0) is 14.8. The lowest BCUT2D eigenvalue weighted by molar-refractivity contribution is 0.0945. The van der Waals surface area contributed by atoms with Gasteiger partial charge in [-0.1, -0.05) is 26.7 Å².